The van der Waals surface area contributed by atoms with E-state index in [0.717, 1.165) is 11.1 Å². The zero-order chi connectivity index (χ0) is 13.0. The Morgan fingerprint density at radius 3 is 1.78 bits per heavy atom. The Kier molecular flexibility index (Phi) is 3.63. The van der Waals surface area contributed by atoms with Crippen molar-refractivity contribution < 1.29 is 5.11 Å². The van der Waals surface area contributed by atoms with E-state index >= 15 is 0 Å². The zero-order valence-electron chi connectivity index (χ0n) is 10.8. The third-order valence-corrected chi connectivity index (χ3v) is 2.88. The van der Waals surface area contributed by atoms with E-state index in [1.807, 2.05) is 42.5 Å². The van der Waals surface area contributed by atoms with Crippen LogP contribution < -0.4 is 0 Å². The summed E-state index contributed by atoms with van der Waals surface area (Å²) in [6, 6.07) is 18.2. The van der Waals surface area contributed by atoms with Gasteiger partial charge in [0, 0.05) is 0 Å². The fourth-order valence-electron chi connectivity index (χ4n) is 1.76. The summed E-state index contributed by atoms with van der Waals surface area (Å²) in [7, 11) is 0. The third-order valence-electron chi connectivity index (χ3n) is 2.88. The van der Waals surface area contributed by atoms with Gasteiger partial charge in [0.2, 0.25) is 0 Å². The Bertz CT molecular complexity index is 516. The lowest BCUT2D eigenvalue weighted by Crippen LogP contribution is -2.14. The molecule has 0 unspecified atom stereocenters. The van der Waals surface area contributed by atoms with Gasteiger partial charge in [-0.1, -0.05) is 66.7 Å². The predicted octanol–water partition coefficient (Wildman–Crippen LogP) is 4.08. The molecule has 0 saturated carbocycles. The first-order valence-electron chi connectivity index (χ1n) is 6.12. The first kappa shape index (κ1) is 12.6. The molecule has 0 aliphatic rings. The highest BCUT2D eigenvalue weighted by molar-refractivity contribution is 5.69. The molecule has 1 nitrogen and oxygen atoms in total. The minimum Gasteiger partial charge on any atom is -0.386 e. The molecule has 18 heavy (non-hydrogen) atoms. The lowest BCUT2D eigenvalue weighted by Gasteiger charge is -2.17. The Morgan fingerprint density at radius 2 is 1.28 bits per heavy atom. The van der Waals surface area contributed by atoms with Crippen molar-refractivity contribution in [2.24, 2.45) is 0 Å². The molecule has 2 aromatic carbocycles. The molecule has 0 aliphatic heterocycles. The second-order valence-corrected chi connectivity index (χ2v) is 4.93. The van der Waals surface area contributed by atoms with Crippen molar-refractivity contribution in [3.8, 4) is 0 Å². The molecule has 0 aliphatic carbocycles. The van der Waals surface area contributed by atoms with Crippen molar-refractivity contribution in [2.45, 2.75) is 19.4 Å². The minimum atomic E-state index is -0.776. The standard InChI is InChI=1S/C17H18O/c1-17(2,18)16-12-10-15(11-13-16)9-8-14-6-4-3-5-7-14/h3-13,18H,1-2H3/b9-8+. The van der Waals surface area contributed by atoms with Crippen molar-refractivity contribution in [1.29, 1.82) is 0 Å². The van der Waals surface area contributed by atoms with Gasteiger partial charge in [0.15, 0.2) is 0 Å². The molecule has 0 aromatic heterocycles. The van der Waals surface area contributed by atoms with Gasteiger partial charge < -0.3 is 5.11 Å². The highest BCUT2D eigenvalue weighted by Crippen LogP contribution is 2.20. The number of hydrogen-bond acceptors (Lipinski definition) is 1. The SMILES string of the molecule is CC(C)(O)c1ccc(/C=C/c2ccccc2)cc1. The van der Waals surface area contributed by atoms with E-state index in [1.165, 1.54) is 5.56 Å². The molecule has 0 atom stereocenters. The number of benzene rings is 2. The first-order valence-corrected chi connectivity index (χ1v) is 6.12. The van der Waals surface area contributed by atoms with Crippen LogP contribution in [0, 0.1) is 0 Å². The van der Waals surface area contributed by atoms with E-state index in [9.17, 15) is 5.11 Å². The molecular weight excluding hydrogens is 220 g/mol. The topological polar surface area (TPSA) is 20.2 Å². The largest absolute Gasteiger partial charge is 0.386 e. The van der Waals surface area contributed by atoms with Crippen LogP contribution in [0.5, 0.6) is 0 Å². The number of hydrogen-bond donors (Lipinski definition) is 1. The zero-order valence-corrected chi connectivity index (χ0v) is 10.8. The molecule has 1 N–H and O–H groups in total. The lowest BCUT2D eigenvalue weighted by atomic mass is 9.97. The van der Waals surface area contributed by atoms with Crippen LogP contribution in [0.1, 0.15) is 30.5 Å². The average molecular weight is 238 g/mol. The van der Waals surface area contributed by atoms with Crippen LogP contribution >= 0.6 is 0 Å². The smallest absolute Gasteiger partial charge is 0.0840 e. The molecule has 2 aromatic rings. The van der Waals surface area contributed by atoms with Crippen LogP contribution in [0.25, 0.3) is 12.2 Å². The summed E-state index contributed by atoms with van der Waals surface area (Å²) in [6.07, 6.45) is 4.16. The van der Waals surface area contributed by atoms with Crippen LogP contribution in [-0.2, 0) is 5.60 Å². The highest BCUT2D eigenvalue weighted by atomic mass is 16.3. The van der Waals surface area contributed by atoms with Crippen molar-refractivity contribution in [3.05, 3.63) is 71.3 Å². The van der Waals surface area contributed by atoms with Crippen molar-refractivity contribution >= 4 is 12.2 Å². The summed E-state index contributed by atoms with van der Waals surface area (Å²) in [6.45, 7) is 3.59. The molecule has 0 saturated heterocycles. The van der Waals surface area contributed by atoms with Crippen molar-refractivity contribution in [3.63, 3.8) is 0 Å². The van der Waals surface area contributed by atoms with Gasteiger partial charge in [0.05, 0.1) is 5.60 Å². The van der Waals surface area contributed by atoms with Crippen molar-refractivity contribution in [1.82, 2.24) is 0 Å². The van der Waals surface area contributed by atoms with Crippen LogP contribution in [0.2, 0.25) is 0 Å². The Morgan fingerprint density at radius 1 is 0.778 bits per heavy atom. The van der Waals surface area contributed by atoms with E-state index < -0.39 is 5.60 Å². The fraction of sp³-hybridized carbons (Fsp3) is 0.176. The van der Waals surface area contributed by atoms with Crippen molar-refractivity contribution in [2.75, 3.05) is 0 Å². The van der Waals surface area contributed by atoms with Gasteiger partial charge in [0.25, 0.3) is 0 Å². The molecular formula is C17H18O. The van der Waals surface area contributed by atoms with E-state index in [-0.39, 0.29) is 0 Å². The lowest BCUT2D eigenvalue weighted by molar-refractivity contribution is 0.0786. The van der Waals surface area contributed by atoms with Gasteiger partial charge in [-0.2, -0.15) is 0 Å². The Labute approximate surface area is 108 Å². The number of rotatable bonds is 3. The normalized spacial score (nSPS) is 11.9. The van der Waals surface area contributed by atoms with Gasteiger partial charge in [-0.25, -0.2) is 0 Å². The van der Waals surface area contributed by atoms with Crippen LogP contribution in [0.3, 0.4) is 0 Å². The summed E-state index contributed by atoms with van der Waals surface area (Å²) in [5, 5.41) is 9.87. The van der Waals surface area contributed by atoms with Gasteiger partial charge >= 0.3 is 0 Å². The van der Waals surface area contributed by atoms with E-state index in [0.29, 0.717) is 0 Å². The van der Waals surface area contributed by atoms with Gasteiger partial charge in [-0.15, -0.1) is 0 Å². The highest BCUT2D eigenvalue weighted by Gasteiger charge is 2.14. The Balaban J connectivity index is 2.14. The van der Waals surface area contributed by atoms with E-state index in [4.69, 9.17) is 0 Å². The van der Waals surface area contributed by atoms with E-state index in [1.54, 1.807) is 13.8 Å². The minimum absolute atomic E-state index is 0.776. The van der Waals surface area contributed by atoms with Gasteiger partial charge in [-0.05, 0) is 30.5 Å². The molecule has 0 fully saturated rings. The maximum Gasteiger partial charge on any atom is 0.0840 e. The van der Waals surface area contributed by atoms with E-state index in [2.05, 4.69) is 24.3 Å². The summed E-state index contributed by atoms with van der Waals surface area (Å²) in [5.41, 5.74) is 2.47. The second-order valence-electron chi connectivity index (χ2n) is 4.93. The summed E-state index contributed by atoms with van der Waals surface area (Å²) in [5.74, 6) is 0. The summed E-state index contributed by atoms with van der Waals surface area (Å²) >= 11 is 0. The van der Waals surface area contributed by atoms with Crippen LogP contribution in [0.4, 0.5) is 0 Å². The third kappa shape index (κ3) is 3.31. The monoisotopic (exact) mass is 238 g/mol. The van der Waals surface area contributed by atoms with Gasteiger partial charge in [-0.3, -0.25) is 0 Å². The molecule has 2 rings (SSSR count). The van der Waals surface area contributed by atoms with Gasteiger partial charge in [0.1, 0.15) is 0 Å². The summed E-state index contributed by atoms with van der Waals surface area (Å²) in [4.78, 5) is 0. The maximum atomic E-state index is 9.87. The number of aliphatic hydroxyl groups is 1. The molecule has 0 amide bonds. The maximum absolute atomic E-state index is 9.87. The van der Waals surface area contributed by atoms with Crippen LogP contribution in [-0.4, -0.2) is 5.11 Å². The summed E-state index contributed by atoms with van der Waals surface area (Å²) < 4.78 is 0. The predicted molar refractivity (Wildman–Crippen MR) is 77.1 cm³/mol. The molecule has 0 heterocycles. The first-order chi connectivity index (χ1) is 8.55. The Hall–Kier alpha value is -1.86. The molecule has 1 heteroatoms. The molecule has 0 spiro atoms. The molecule has 0 bridgehead atoms. The average Bonchev–Trinajstić information content (AvgIpc) is 2.37. The second kappa shape index (κ2) is 5.19. The van der Waals surface area contributed by atoms with Crippen LogP contribution in [0.15, 0.2) is 54.6 Å². The fourth-order valence-corrected chi connectivity index (χ4v) is 1.76. The quantitative estimate of drug-likeness (QED) is 0.799. The molecule has 0 radical (unpaired) electrons. The molecule has 92 valence electrons.